The number of carbonyl (C=O) groups excluding carboxylic acids is 1. The summed E-state index contributed by atoms with van der Waals surface area (Å²) in [4.78, 5) is 11.2. The third kappa shape index (κ3) is 5.03. The molecule has 0 fully saturated rings. The van der Waals surface area contributed by atoms with Crippen molar-refractivity contribution in [1.82, 2.24) is 0 Å². The van der Waals surface area contributed by atoms with E-state index in [2.05, 4.69) is 22.5 Å². The Kier molecular flexibility index (Phi) is 6.32. The zero-order valence-corrected chi connectivity index (χ0v) is 15.5. The van der Waals surface area contributed by atoms with E-state index in [-0.39, 0.29) is 18.2 Å². The zero-order valence-electron chi connectivity index (χ0n) is 13.9. The second-order valence-corrected chi connectivity index (χ2v) is 6.75. The van der Waals surface area contributed by atoms with E-state index in [1.807, 2.05) is 25.1 Å². The van der Waals surface area contributed by atoms with Crippen LogP contribution < -0.4 is 4.74 Å². The molecule has 0 aliphatic rings. The number of ether oxygens (including phenoxy) is 1. The summed E-state index contributed by atoms with van der Waals surface area (Å²) < 4.78 is 20.4. The summed E-state index contributed by atoms with van der Waals surface area (Å²) in [6, 6.07) is 10.7. The number of hydrogen-bond donors (Lipinski definition) is 0. The highest BCUT2D eigenvalue weighted by Crippen LogP contribution is 2.30. The average Bonchev–Trinajstić information content (AvgIpc) is 2.52. The molecule has 0 spiro atoms. The number of halogens is 2. The SMILES string of the molecule is C=C(CCC(C)=O)c1cc(C)ccc1OCc1ccc(Br)cc1F. The van der Waals surface area contributed by atoms with Gasteiger partial charge in [0.05, 0.1) is 0 Å². The van der Waals surface area contributed by atoms with E-state index < -0.39 is 0 Å². The lowest BCUT2D eigenvalue weighted by atomic mass is 9.99. The molecule has 0 bridgehead atoms. The van der Waals surface area contributed by atoms with Crippen LogP contribution in [0.3, 0.4) is 0 Å². The summed E-state index contributed by atoms with van der Waals surface area (Å²) in [5.74, 6) is 0.466. The smallest absolute Gasteiger partial charge is 0.130 e. The molecule has 0 aliphatic carbocycles. The molecule has 0 atom stereocenters. The van der Waals surface area contributed by atoms with Crippen LogP contribution in [-0.2, 0) is 11.4 Å². The molecule has 0 radical (unpaired) electrons. The van der Waals surface area contributed by atoms with Crippen molar-refractivity contribution in [3.05, 3.63) is 70.0 Å². The van der Waals surface area contributed by atoms with Gasteiger partial charge in [-0.15, -0.1) is 0 Å². The fourth-order valence-electron chi connectivity index (χ4n) is 2.30. The molecular formula is C20H20BrFO2. The highest BCUT2D eigenvalue weighted by Gasteiger charge is 2.11. The molecule has 0 N–H and O–H groups in total. The predicted molar refractivity (Wildman–Crippen MR) is 98.6 cm³/mol. The third-order valence-electron chi connectivity index (χ3n) is 3.69. The molecule has 0 saturated heterocycles. The first kappa shape index (κ1) is 18.4. The molecule has 0 unspecified atom stereocenters. The summed E-state index contributed by atoms with van der Waals surface area (Å²) in [7, 11) is 0. The van der Waals surface area contributed by atoms with Crippen molar-refractivity contribution in [3.8, 4) is 5.75 Å². The van der Waals surface area contributed by atoms with Gasteiger partial charge in [-0.3, -0.25) is 0 Å². The van der Waals surface area contributed by atoms with Crippen LogP contribution in [0.5, 0.6) is 5.75 Å². The first-order valence-electron chi connectivity index (χ1n) is 7.72. The standard InChI is InChI=1S/C20H20BrFO2/c1-13-4-9-20(18(10-13)14(2)5-6-15(3)23)24-12-16-7-8-17(21)11-19(16)22/h4,7-11H,2,5-6,12H2,1,3H3. The van der Waals surface area contributed by atoms with Gasteiger partial charge in [0.2, 0.25) is 0 Å². The van der Waals surface area contributed by atoms with E-state index in [1.165, 1.54) is 6.07 Å². The van der Waals surface area contributed by atoms with Crippen molar-refractivity contribution in [3.63, 3.8) is 0 Å². The Morgan fingerprint density at radius 1 is 1.21 bits per heavy atom. The number of rotatable bonds is 7. The van der Waals surface area contributed by atoms with Crippen LogP contribution in [0.4, 0.5) is 4.39 Å². The lowest BCUT2D eigenvalue weighted by molar-refractivity contribution is -0.116. The Hall–Kier alpha value is -1.94. The van der Waals surface area contributed by atoms with Gasteiger partial charge >= 0.3 is 0 Å². The molecule has 0 heterocycles. The van der Waals surface area contributed by atoms with Gasteiger partial charge in [0.15, 0.2) is 0 Å². The zero-order chi connectivity index (χ0) is 17.7. The van der Waals surface area contributed by atoms with Gasteiger partial charge in [-0.05, 0) is 50.1 Å². The Morgan fingerprint density at radius 3 is 2.62 bits per heavy atom. The van der Waals surface area contributed by atoms with Crippen LogP contribution in [0.15, 0.2) is 47.4 Å². The van der Waals surface area contributed by atoms with Crippen LogP contribution >= 0.6 is 15.9 Å². The first-order chi connectivity index (χ1) is 11.4. The third-order valence-corrected chi connectivity index (χ3v) is 4.19. The van der Waals surface area contributed by atoms with Crippen molar-refractivity contribution in [2.45, 2.75) is 33.3 Å². The number of allylic oxidation sites excluding steroid dienone is 1. The molecule has 2 nitrogen and oxygen atoms in total. The number of benzene rings is 2. The van der Waals surface area contributed by atoms with Gasteiger partial charge in [0, 0.05) is 22.0 Å². The summed E-state index contributed by atoms with van der Waals surface area (Å²) in [6.07, 6.45) is 1.04. The monoisotopic (exact) mass is 390 g/mol. The summed E-state index contributed by atoms with van der Waals surface area (Å²) in [5, 5.41) is 0. The Labute approximate surface area is 150 Å². The van der Waals surface area contributed by atoms with Crippen molar-refractivity contribution < 1.29 is 13.9 Å². The number of carbonyl (C=O) groups is 1. The minimum absolute atomic E-state index is 0.128. The van der Waals surface area contributed by atoms with Crippen LogP contribution in [-0.4, -0.2) is 5.78 Å². The number of Topliss-reactive ketones (excluding diaryl/α,β-unsaturated/α-hetero) is 1. The van der Waals surface area contributed by atoms with E-state index in [4.69, 9.17) is 4.74 Å². The fraction of sp³-hybridized carbons (Fsp3) is 0.250. The molecule has 0 aliphatic heterocycles. The minimum atomic E-state index is -0.312. The van der Waals surface area contributed by atoms with Crippen LogP contribution in [0.1, 0.15) is 36.5 Å². The quantitative estimate of drug-likeness (QED) is 0.591. The largest absolute Gasteiger partial charge is 0.488 e. The van der Waals surface area contributed by atoms with Crippen LogP contribution in [0.2, 0.25) is 0 Å². The molecule has 126 valence electrons. The molecule has 2 aromatic rings. The fourth-order valence-corrected chi connectivity index (χ4v) is 2.63. The van der Waals surface area contributed by atoms with Gasteiger partial charge < -0.3 is 9.53 Å². The van der Waals surface area contributed by atoms with Crippen LogP contribution in [0.25, 0.3) is 5.57 Å². The molecule has 2 rings (SSSR count). The number of aryl methyl sites for hydroxylation is 1. The topological polar surface area (TPSA) is 26.3 Å². The molecule has 0 amide bonds. The van der Waals surface area contributed by atoms with Gasteiger partial charge in [-0.2, -0.15) is 0 Å². The second-order valence-electron chi connectivity index (χ2n) is 5.83. The maximum Gasteiger partial charge on any atom is 0.130 e. The lowest BCUT2D eigenvalue weighted by Gasteiger charge is -2.14. The van der Waals surface area contributed by atoms with Gasteiger partial charge in [-0.25, -0.2) is 4.39 Å². The molecule has 0 saturated carbocycles. The lowest BCUT2D eigenvalue weighted by Crippen LogP contribution is -2.01. The van der Waals surface area contributed by atoms with Crippen molar-refractivity contribution in [2.24, 2.45) is 0 Å². The first-order valence-corrected chi connectivity index (χ1v) is 8.51. The maximum atomic E-state index is 13.9. The summed E-state index contributed by atoms with van der Waals surface area (Å²) >= 11 is 3.24. The molecule has 0 aromatic heterocycles. The Morgan fingerprint density at radius 2 is 1.96 bits per heavy atom. The molecule has 24 heavy (non-hydrogen) atoms. The maximum absolute atomic E-state index is 13.9. The molecular weight excluding hydrogens is 371 g/mol. The van der Waals surface area contributed by atoms with Crippen molar-refractivity contribution in [2.75, 3.05) is 0 Å². The Bertz CT molecular complexity index is 768. The molecule has 4 heteroatoms. The normalized spacial score (nSPS) is 10.5. The highest BCUT2D eigenvalue weighted by molar-refractivity contribution is 9.10. The van der Waals surface area contributed by atoms with Gasteiger partial charge in [0.25, 0.3) is 0 Å². The number of hydrogen-bond acceptors (Lipinski definition) is 2. The highest BCUT2D eigenvalue weighted by atomic mass is 79.9. The summed E-state index contributed by atoms with van der Waals surface area (Å²) in [5.41, 5.74) is 3.28. The van der Waals surface area contributed by atoms with E-state index in [0.29, 0.717) is 28.6 Å². The van der Waals surface area contributed by atoms with Crippen LogP contribution in [0, 0.1) is 12.7 Å². The average molecular weight is 391 g/mol. The second kappa shape index (κ2) is 8.25. The molecule has 2 aromatic carbocycles. The summed E-state index contributed by atoms with van der Waals surface area (Å²) in [6.45, 7) is 7.76. The predicted octanol–water partition coefficient (Wildman–Crippen LogP) is 5.86. The van der Waals surface area contributed by atoms with E-state index in [9.17, 15) is 9.18 Å². The number of ketones is 1. The minimum Gasteiger partial charge on any atom is -0.488 e. The van der Waals surface area contributed by atoms with Gasteiger partial charge in [0.1, 0.15) is 24.0 Å². The van der Waals surface area contributed by atoms with Crippen molar-refractivity contribution >= 4 is 27.3 Å². The van der Waals surface area contributed by atoms with Crippen molar-refractivity contribution in [1.29, 1.82) is 0 Å². The van der Waals surface area contributed by atoms with E-state index >= 15 is 0 Å². The van der Waals surface area contributed by atoms with E-state index in [1.54, 1.807) is 19.1 Å². The Balaban J connectivity index is 2.17. The van der Waals surface area contributed by atoms with Gasteiger partial charge in [-0.1, -0.05) is 40.2 Å². The van der Waals surface area contributed by atoms with E-state index in [0.717, 1.165) is 16.7 Å².